The van der Waals surface area contributed by atoms with Gasteiger partial charge in [-0.1, -0.05) is 28.1 Å². The van der Waals surface area contributed by atoms with Gasteiger partial charge in [-0.2, -0.15) is 0 Å². The average molecular weight is 353 g/mol. The Hall–Kier alpha value is -1.53. The maximum absolute atomic E-state index is 10.6. The molecule has 2 N–H and O–H groups in total. The van der Waals surface area contributed by atoms with Crippen molar-refractivity contribution in [3.63, 3.8) is 0 Å². The lowest BCUT2D eigenvalue weighted by molar-refractivity contribution is -0.384. The Morgan fingerprint density at radius 3 is 2.50 bits per heavy atom. The highest BCUT2D eigenvalue weighted by Gasteiger charge is 2.05. The summed E-state index contributed by atoms with van der Waals surface area (Å²) < 4.78 is 0.967. The van der Waals surface area contributed by atoms with Gasteiger partial charge in [0.05, 0.1) is 4.92 Å². The molecule has 0 atom stereocenters. The predicted octanol–water partition coefficient (Wildman–Crippen LogP) is 4.27. The van der Waals surface area contributed by atoms with Crippen molar-refractivity contribution in [2.45, 2.75) is 11.3 Å². The van der Waals surface area contributed by atoms with Crippen LogP contribution in [0.3, 0.4) is 0 Å². The number of rotatable bonds is 5. The Morgan fingerprint density at radius 1 is 1.20 bits per heavy atom. The van der Waals surface area contributed by atoms with Gasteiger partial charge in [0.15, 0.2) is 0 Å². The van der Waals surface area contributed by atoms with Gasteiger partial charge in [0.2, 0.25) is 0 Å². The summed E-state index contributed by atoms with van der Waals surface area (Å²) >= 11 is 5.06. The topological polar surface area (TPSA) is 69.2 Å². The third-order valence-electron chi connectivity index (χ3n) is 2.77. The number of hydrogen-bond donors (Lipinski definition) is 1. The Labute approximate surface area is 129 Å². The monoisotopic (exact) mass is 352 g/mol. The van der Waals surface area contributed by atoms with Crippen LogP contribution in [-0.2, 0) is 6.42 Å². The van der Waals surface area contributed by atoms with Crippen LogP contribution in [0.5, 0.6) is 0 Å². The largest absolute Gasteiger partial charge is 0.398 e. The van der Waals surface area contributed by atoms with Crippen molar-refractivity contribution < 1.29 is 4.92 Å². The van der Waals surface area contributed by atoms with E-state index in [9.17, 15) is 10.1 Å². The molecule has 0 bridgehead atoms. The summed E-state index contributed by atoms with van der Waals surface area (Å²) in [6.45, 7) is 0. The Kier molecular flexibility index (Phi) is 5.03. The molecule has 0 saturated carbocycles. The predicted molar refractivity (Wildman–Crippen MR) is 86.1 cm³/mol. The van der Waals surface area contributed by atoms with Crippen molar-refractivity contribution in [1.29, 1.82) is 0 Å². The van der Waals surface area contributed by atoms with E-state index in [0.29, 0.717) is 0 Å². The van der Waals surface area contributed by atoms with Gasteiger partial charge in [0.25, 0.3) is 5.69 Å². The van der Waals surface area contributed by atoms with Crippen LogP contribution in [0.25, 0.3) is 0 Å². The Morgan fingerprint density at radius 2 is 1.90 bits per heavy atom. The van der Waals surface area contributed by atoms with Crippen molar-refractivity contribution >= 4 is 39.1 Å². The summed E-state index contributed by atoms with van der Waals surface area (Å²) in [5, 5.41) is 10.6. The van der Waals surface area contributed by atoms with E-state index in [4.69, 9.17) is 5.73 Å². The molecule has 4 nitrogen and oxygen atoms in total. The average Bonchev–Trinajstić information content (AvgIpc) is 2.42. The highest BCUT2D eigenvalue weighted by atomic mass is 79.9. The van der Waals surface area contributed by atoms with Crippen LogP contribution in [0.2, 0.25) is 0 Å². The number of non-ortho nitro benzene ring substituents is 1. The van der Waals surface area contributed by atoms with Crippen molar-refractivity contribution in [3.05, 3.63) is 62.6 Å². The van der Waals surface area contributed by atoms with Crippen LogP contribution in [0.15, 0.2) is 51.8 Å². The fourth-order valence-electron chi connectivity index (χ4n) is 1.71. The van der Waals surface area contributed by atoms with Crippen molar-refractivity contribution in [3.8, 4) is 0 Å². The maximum Gasteiger partial charge on any atom is 0.269 e. The summed E-state index contributed by atoms with van der Waals surface area (Å²) in [5.74, 6) is 0.879. The molecule has 2 aromatic carbocycles. The molecule has 2 aromatic rings. The van der Waals surface area contributed by atoms with E-state index >= 15 is 0 Å². The van der Waals surface area contributed by atoms with E-state index in [-0.39, 0.29) is 10.6 Å². The van der Waals surface area contributed by atoms with Crippen LogP contribution < -0.4 is 5.73 Å². The number of anilines is 1. The first-order chi connectivity index (χ1) is 9.56. The van der Waals surface area contributed by atoms with Gasteiger partial charge < -0.3 is 5.73 Å². The molecule has 0 heterocycles. The second kappa shape index (κ2) is 6.76. The molecule has 104 valence electrons. The third kappa shape index (κ3) is 3.98. The number of halogens is 1. The molecule has 0 spiro atoms. The molecule has 2 rings (SSSR count). The van der Waals surface area contributed by atoms with Gasteiger partial charge >= 0.3 is 0 Å². The quantitative estimate of drug-likeness (QED) is 0.377. The van der Waals surface area contributed by atoms with E-state index in [2.05, 4.69) is 15.9 Å². The summed E-state index contributed by atoms with van der Waals surface area (Å²) in [4.78, 5) is 11.2. The number of nitrogen functional groups attached to an aromatic ring is 1. The van der Waals surface area contributed by atoms with Gasteiger partial charge in [0, 0.05) is 32.9 Å². The number of nitro groups is 1. The normalized spacial score (nSPS) is 10.4. The maximum atomic E-state index is 10.6. The summed E-state index contributed by atoms with van der Waals surface area (Å²) in [6, 6.07) is 12.5. The molecule has 0 saturated heterocycles. The number of aryl methyl sites for hydroxylation is 1. The van der Waals surface area contributed by atoms with E-state index in [1.807, 2.05) is 18.2 Å². The van der Waals surface area contributed by atoms with Crippen LogP contribution in [0, 0.1) is 10.1 Å². The molecule has 20 heavy (non-hydrogen) atoms. The Balaban J connectivity index is 1.91. The molecule has 0 amide bonds. The minimum atomic E-state index is -0.388. The second-order valence-electron chi connectivity index (χ2n) is 4.20. The first-order valence-electron chi connectivity index (χ1n) is 5.97. The van der Waals surface area contributed by atoms with Crippen LogP contribution in [0.4, 0.5) is 11.4 Å². The van der Waals surface area contributed by atoms with Gasteiger partial charge in [0.1, 0.15) is 0 Å². The van der Waals surface area contributed by atoms with E-state index in [1.165, 1.54) is 12.1 Å². The van der Waals surface area contributed by atoms with E-state index < -0.39 is 0 Å². The van der Waals surface area contributed by atoms with Gasteiger partial charge in [-0.15, -0.1) is 11.8 Å². The number of benzene rings is 2. The first kappa shape index (κ1) is 14.9. The van der Waals surface area contributed by atoms with E-state index in [1.54, 1.807) is 23.9 Å². The zero-order chi connectivity index (χ0) is 14.5. The smallest absolute Gasteiger partial charge is 0.269 e. The molecule has 0 aliphatic heterocycles. The lowest BCUT2D eigenvalue weighted by atomic mass is 10.1. The van der Waals surface area contributed by atoms with Gasteiger partial charge in [-0.3, -0.25) is 10.1 Å². The summed E-state index contributed by atoms with van der Waals surface area (Å²) in [7, 11) is 0. The lowest BCUT2D eigenvalue weighted by Gasteiger charge is -2.06. The molecule has 6 heteroatoms. The standard InChI is InChI=1S/C14H13BrN2O2S/c15-11-3-6-14(13(16)9-11)20-8-7-10-1-4-12(5-2-10)17(18)19/h1-6,9H,7-8,16H2. The first-order valence-corrected chi connectivity index (χ1v) is 7.75. The van der Waals surface area contributed by atoms with Crippen LogP contribution in [-0.4, -0.2) is 10.7 Å². The molecular weight excluding hydrogens is 340 g/mol. The minimum absolute atomic E-state index is 0.124. The van der Waals surface area contributed by atoms with Gasteiger partial charge in [-0.05, 0) is 30.2 Å². The molecule has 0 fully saturated rings. The third-order valence-corrected chi connectivity index (χ3v) is 4.35. The lowest BCUT2D eigenvalue weighted by Crippen LogP contribution is -1.93. The number of thioether (sulfide) groups is 1. The number of nitrogens with zero attached hydrogens (tertiary/aromatic N) is 1. The molecule has 0 aromatic heterocycles. The molecule has 0 aliphatic rings. The van der Waals surface area contributed by atoms with Crippen LogP contribution in [0.1, 0.15) is 5.56 Å². The zero-order valence-electron chi connectivity index (χ0n) is 10.6. The highest BCUT2D eigenvalue weighted by molar-refractivity contribution is 9.10. The van der Waals surface area contributed by atoms with Crippen molar-refractivity contribution in [2.75, 3.05) is 11.5 Å². The fraction of sp³-hybridized carbons (Fsp3) is 0.143. The SMILES string of the molecule is Nc1cc(Br)ccc1SCCc1ccc([N+](=O)[O-])cc1. The molecule has 0 radical (unpaired) electrons. The number of hydrogen-bond acceptors (Lipinski definition) is 4. The fourth-order valence-corrected chi connectivity index (χ4v) is 3.04. The zero-order valence-corrected chi connectivity index (χ0v) is 13.0. The number of nitro benzene ring substituents is 1. The summed E-state index contributed by atoms with van der Waals surface area (Å²) in [5.41, 5.74) is 7.89. The minimum Gasteiger partial charge on any atom is -0.398 e. The van der Waals surface area contributed by atoms with Crippen molar-refractivity contribution in [1.82, 2.24) is 0 Å². The van der Waals surface area contributed by atoms with Crippen molar-refractivity contribution in [2.24, 2.45) is 0 Å². The summed E-state index contributed by atoms with van der Waals surface area (Å²) in [6.07, 6.45) is 0.845. The van der Waals surface area contributed by atoms with E-state index in [0.717, 1.165) is 32.8 Å². The molecule has 0 unspecified atom stereocenters. The Bertz CT molecular complexity index is 617. The number of nitrogens with two attached hydrogens (primary N) is 1. The van der Waals surface area contributed by atoms with Crippen LogP contribution >= 0.6 is 27.7 Å². The van der Waals surface area contributed by atoms with Gasteiger partial charge in [-0.25, -0.2) is 0 Å². The molecular formula is C14H13BrN2O2S. The highest BCUT2D eigenvalue weighted by Crippen LogP contribution is 2.28. The molecule has 0 aliphatic carbocycles. The second-order valence-corrected chi connectivity index (χ2v) is 6.26.